The standard InChI is InChI=1S/C21H22FN3O3/c1-13(2)18(21(27)28-3)23-20(26)19-16-6-4-5-7-17(16)25(24-19)12-14-8-10-15(22)11-9-14/h4-11,13,18H,12H2,1-3H3,(H,23,26)/t18-/m0/s1. The number of para-hydroxylation sites is 1. The lowest BCUT2D eigenvalue weighted by atomic mass is 10.0. The molecule has 0 aliphatic heterocycles. The lowest BCUT2D eigenvalue weighted by Gasteiger charge is -2.19. The lowest BCUT2D eigenvalue weighted by Crippen LogP contribution is -2.45. The van der Waals surface area contributed by atoms with E-state index >= 15 is 0 Å². The minimum Gasteiger partial charge on any atom is -0.467 e. The molecule has 1 N–H and O–H groups in total. The third kappa shape index (κ3) is 4.03. The van der Waals surface area contributed by atoms with Gasteiger partial charge >= 0.3 is 5.97 Å². The number of rotatable bonds is 6. The Kier molecular flexibility index (Phi) is 5.73. The van der Waals surface area contributed by atoms with E-state index in [1.54, 1.807) is 22.9 Å². The van der Waals surface area contributed by atoms with Gasteiger partial charge < -0.3 is 10.1 Å². The summed E-state index contributed by atoms with van der Waals surface area (Å²) in [5.41, 5.74) is 1.86. The Bertz CT molecular complexity index is 996. The topological polar surface area (TPSA) is 73.2 Å². The van der Waals surface area contributed by atoms with E-state index in [-0.39, 0.29) is 17.4 Å². The Balaban J connectivity index is 1.94. The fourth-order valence-corrected chi connectivity index (χ4v) is 3.01. The number of carbonyl (C=O) groups excluding carboxylic acids is 2. The first-order chi connectivity index (χ1) is 13.4. The fourth-order valence-electron chi connectivity index (χ4n) is 3.01. The quantitative estimate of drug-likeness (QED) is 0.664. The van der Waals surface area contributed by atoms with Crippen LogP contribution in [0.4, 0.5) is 4.39 Å². The van der Waals surface area contributed by atoms with Crippen molar-refractivity contribution in [2.75, 3.05) is 7.11 Å². The Morgan fingerprint density at radius 2 is 1.82 bits per heavy atom. The van der Waals surface area contributed by atoms with Crippen LogP contribution < -0.4 is 5.32 Å². The zero-order chi connectivity index (χ0) is 20.3. The second-order valence-corrected chi connectivity index (χ2v) is 6.87. The maximum atomic E-state index is 13.2. The molecule has 3 aromatic rings. The zero-order valence-electron chi connectivity index (χ0n) is 16.0. The number of halogens is 1. The van der Waals surface area contributed by atoms with Crippen LogP contribution in [0.2, 0.25) is 0 Å². The number of nitrogens with zero attached hydrogens (tertiary/aromatic N) is 2. The van der Waals surface area contributed by atoms with Crippen molar-refractivity contribution in [1.29, 1.82) is 0 Å². The van der Waals surface area contributed by atoms with Crippen molar-refractivity contribution in [3.05, 3.63) is 65.6 Å². The molecule has 28 heavy (non-hydrogen) atoms. The van der Waals surface area contributed by atoms with Gasteiger partial charge in [0.05, 0.1) is 19.2 Å². The predicted molar refractivity (Wildman–Crippen MR) is 103 cm³/mol. The number of ether oxygens (including phenoxy) is 1. The van der Waals surface area contributed by atoms with Crippen LogP contribution in [0.15, 0.2) is 48.5 Å². The van der Waals surface area contributed by atoms with Crippen LogP contribution >= 0.6 is 0 Å². The van der Waals surface area contributed by atoms with Crippen LogP contribution in [0.5, 0.6) is 0 Å². The fraction of sp³-hybridized carbons (Fsp3) is 0.286. The van der Waals surface area contributed by atoms with Crippen molar-refractivity contribution in [2.24, 2.45) is 5.92 Å². The summed E-state index contributed by atoms with van der Waals surface area (Å²) in [4.78, 5) is 24.8. The number of hydrogen-bond acceptors (Lipinski definition) is 4. The minimum atomic E-state index is -0.765. The average Bonchev–Trinajstić information content (AvgIpc) is 3.05. The molecular weight excluding hydrogens is 361 g/mol. The number of amides is 1. The third-order valence-corrected chi connectivity index (χ3v) is 4.53. The molecule has 0 saturated carbocycles. The molecule has 1 amide bonds. The van der Waals surface area contributed by atoms with E-state index in [0.717, 1.165) is 11.1 Å². The molecule has 0 aliphatic carbocycles. The second kappa shape index (κ2) is 8.21. The van der Waals surface area contributed by atoms with Gasteiger partial charge in [-0.1, -0.05) is 44.2 Å². The van der Waals surface area contributed by atoms with E-state index in [4.69, 9.17) is 4.74 Å². The highest BCUT2D eigenvalue weighted by molar-refractivity contribution is 6.06. The van der Waals surface area contributed by atoms with Gasteiger partial charge in [-0.3, -0.25) is 9.48 Å². The van der Waals surface area contributed by atoms with Crippen molar-refractivity contribution in [3.63, 3.8) is 0 Å². The van der Waals surface area contributed by atoms with Crippen molar-refractivity contribution in [2.45, 2.75) is 26.4 Å². The number of methoxy groups -OCH3 is 1. The van der Waals surface area contributed by atoms with Crippen LogP contribution in [0.3, 0.4) is 0 Å². The van der Waals surface area contributed by atoms with Gasteiger partial charge in [-0.2, -0.15) is 5.10 Å². The van der Waals surface area contributed by atoms with Crippen molar-refractivity contribution >= 4 is 22.8 Å². The van der Waals surface area contributed by atoms with Gasteiger partial charge in [0.25, 0.3) is 5.91 Å². The highest BCUT2D eigenvalue weighted by Crippen LogP contribution is 2.20. The molecule has 146 valence electrons. The lowest BCUT2D eigenvalue weighted by molar-refractivity contribution is -0.144. The molecular formula is C21H22FN3O3. The molecule has 0 bridgehead atoms. The summed E-state index contributed by atoms with van der Waals surface area (Å²) < 4.78 is 19.6. The van der Waals surface area contributed by atoms with E-state index in [1.165, 1.54) is 19.2 Å². The number of benzene rings is 2. The Labute approximate surface area is 162 Å². The summed E-state index contributed by atoms with van der Waals surface area (Å²) in [5, 5.41) is 7.86. The molecule has 6 nitrogen and oxygen atoms in total. The summed E-state index contributed by atoms with van der Waals surface area (Å²) in [5.74, 6) is -1.39. The summed E-state index contributed by atoms with van der Waals surface area (Å²) in [6.07, 6.45) is 0. The summed E-state index contributed by atoms with van der Waals surface area (Å²) >= 11 is 0. The summed E-state index contributed by atoms with van der Waals surface area (Å²) in [6, 6.07) is 12.7. The van der Waals surface area contributed by atoms with Crippen molar-refractivity contribution in [1.82, 2.24) is 15.1 Å². The maximum absolute atomic E-state index is 13.2. The smallest absolute Gasteiger partial charge is 0.328 e. The number of aromatic nitrogens is 2. The highest BCUT2D eigenvalue weighted by atomic mass is 19.1. The molecule has 2 aromatic carbocycles. The van der Waals surface area contributed by atoms with Crippen LogP contribution in [-0.4, -0.2) is 34.8 Å². The van der Waals surface area contributed by atoms with Crippen LogP contribution in [0.1, 0.15) is 29.9 Å². The van der Waals surface area contributed by atoms with E-state index < -0.39 is 17.9 Å². The zero-order valence-corrected chi connectivity index (χ0v) is 16.0. The molecule has 7 heteroatoms. The first kappa shape index (κ1) is 19.5. The molecule has 0 aliphatic rings. The predicted octanol–water partition coefficient (Wildman–Crippen LogP) is 3.15. The van der Waals surface area contributed by atoms with Crippen molar-refractivity contribution in [3.8, 4) is 0 Å². The maximum Gasteiger partial charge on any atom is 0.328 e. The van der Waals surface area contributed by atoms with E-state index in [1.807, 2.05) is 32.0 Å². The largest absolute Gasteiger partial charge is 0.467 e. The molecule has 3 rings (SSSR count). The molecule has 1 atom stereocenters. The molecule has 0 fully saturated rings. The number of carbonyl (C=O) groups is 2. The van der Waals surface area contributed by atoms with Gasteiger partial charge in [-0.25, -0.2) is 9.18 Å². The minimum absolute atomic E-state index is 0.135. The van der Waals surface area contributed by atoms with E-state index in [2.05, 4.69) is 10.4 Å². The summed E-state index contributed by atoms with van der Waals surface area (Å²) in [6.45, 7) is 4.04. The second-order valence-electron chi connectivity index (χ2n) is 6.87. The molecule has 1 aromatic heterocycles. The third-order valence-electron chi connectivity index (χ3n) is 4.53. The van der Waals surface area contributed by atoms with Gasteiger partial charge in [0.1, 0.15) is 11.9 Å². The first-order valence-electron chi connectivity index (χ1n) is 8.99. The molecule has 0 unspecified atom stereocenters. The molecule has 0 saturated heterocycles. The van der Waals surface area contributed by atoms with Gasteiger partial charge in [0.15, 0.2) is 5.69 Å². The first-order valence-corrected chi connectivity index (χ1v) is 8.99. The van der Waals surface area contributed by atoms with E-state index in [0.29, 0.717) is 11.9 Å². The Morgan fingerprint density at radius 1 is 1.14 bits per heavy atom. The van der Waals surface area contributed by atoms with Gasteiger partial charge in [-0.05, 0) is 29.7 Å². The van der Waals surface area contributed by atoms with Crippen LogP contribution in [-0.2, 0) is 16.1 Å². The van der Waals surface area contributed by atoms with E-state index in [9.17, 15) is 14.0 Å². The molecule has 1 heterocycles. The Hall–Kier alpha value is -3.22. The van der Waals surface area contributed by atoms with Gasteiger partial charge in [-0.15, -0.1) is 0 Å². The molecule has 0 spiro atoms. The normalized spacial score (nSPS) is 12.2. The number of hydrogen-bond donors (Lipinski definition) is 1. The summed E-state index contributed by atoms with van der Waals surface area (Å²) in [7, 11) is 1.29. The van der Waals surface area contributed by atoms with Gasteiger partial charge in [0, 0.05) is 5.39 Å². The number of esters is 1. The van der Waals surface area contributed by atoms with Crippen molar-refractivity contribution < 1.29 is 18.7 Å². The average molecular weight is 383 g/mol. The Morgan fingerprint density at radius 3 is 2.46 bits per heavy atom. The monoisotopic (exact) mass is 383 g/mol. The molecule has 0 radical (unpaired) electrons. The SMILES string of the molecule is COC(=O)[C@@H](NC(=O)c1nn(Cc2ccc(F)cc2)c2ccccc12)C(C)C. The number of nitrogens with one attached hydrogen (secondary N) is 1. The van der Waals surface area contributed by atoms with Crippen LogP contribution in [0, 0.1) is 11.7 Å². The highest BCUT2D eigenvalue weighted by Gasteiger charge is 2.27. The van der Waals surface area contributed by atoms with Gasteiger partial charge in [0.2, 0.25) is 0 Å². The number of fused-ring (bicyclic) bond motifs is 1. The van der Waals surface area contributed by atoms with Crippen LogP contribution in [0.25, 0.3) is 10.9 Å².